The summed E-state index contributed by atoms with van der Waals surface area (Å²) >= 11 is 0. The Hall–Kier alpha value is -1.75. The van der Waals surface area contributed by atoms with E-state index < -0.39 is 5.60 Å². The predicted molar refractivity (Wildman–Crippen MR) is 84.5 cm³/mol. The SMILES string of the molecule is COc1ccc(C2CNCC2C(=O)OC(C)(C)C)cc1OC. The van der Waals surface area contributed by atoms with E-state index in [-0.39, 0.29) is 17.8 Å². The van der Waals surface area contributed by atoms with Crippen molar-refractivity contribution in [1.29, 1.82) is 0 Å². The number of methoxy groups -OCH3 is 2. The molecule has 0 saturated carbocycles. The third kappa shape index (κ3) is 3.71. The van der Waals surface area contributed by atoms with Gasteiger partial charge in [-0.2, -0.15) is 0 Å². The first kappa shape index (κ1) is 16.6. The van der Waals surface area contributed by atoms with Gasteiger partial charge in [-0.15, -0.1) is 0 Å². The molecule has 2 rings (SSSR count). The van der Waals surface area contributed by atoms with Crippen LogP contribution in [-0.2, 0) is 9.53 Å². The Bertz CT molecular complexity index is 536. The fourth-order valence-electron chi connectivity index (χ4n) is 2.74. The molecule has 122 valence electrons. The molecular formula is C17H25NO4. The lowest BCUT2D eigenvalue weighted by Crippen LogP contribution is -2.31. The van der Waals surface area contributed by atoms with E-state index in [1.807, 2.05) is 39.0 Å². The molecule has 1 aliphatic rings. The summed E-state index contributed by atoms with van der Waals surface area (Å²) in [6.45, 7) is 7.05. The minimum absolute atomic E-state index is 0.0784. The van der Waals surface area contributed by atoms with Gasteiger partial charge >= 0.3 is 5.97 Å². The van der Waals surface area contributed by atoms with Crippen molar-refractivity contribution in [3.05, 3.63) is 23.8 Å². The van der Waals surface area contributed by atoms with Gasteiger partial charge in [0.15, 0.2) is 11.5 Å². The van der Waals surface area contributed by atoms with Crippen LogP contribution in [0.15, 0.2) is 18.2 Å². The lowest BCUT2D eigenvalue weighted by atomic mass is 9.88. The molecule has 1 saturated heterocycles. The van der Waals surface area contributed by atoms with Crippen LogP contribution in [-0.4, -0.2) is 38.9 Å². The summed E-state index contributed by atoms with van der Waals surface area (Å²) in [5.74, 6) is 1.10. The van der Waals surface area contributed by atoms with E-state index in [1.54, 1.807) is 14.2 Å². The van der Waals surface area contributed by atoms with Gasteiger partial charge in [0.05, 0.1) is 20.1 Å². The second-order valence-electron chi connectivity index (χ2n) is 6.52. The number of benzene rings is 1. The summed E-state index contributed by atoms with van der Waals surface area (Å²) < 4.78 is 16.2. The molecule has 0 radical (unpaired) electrons. The van der Waals surface area contributed by atoms with Crippen molar-refractivity contribution in [2.24, 2.45) is 5.92 Å². The average Bonchev–Trinajstić information content (AvgIpc) is 2.94. The van der Waals surface area contributed by atoms with Crippen molar-refractivity contribution in [2.45, 2.75) is 32.3 Å². The Morgan fingerprint density at radius 3 is 2.41 bits per heavy atom. The molecule has 1 aliphatic heterocycles. The molecule has 1 fully saturated rings. The Labute approximate surface area is 131 Å². The zero-order valence-corrected chi connectivity index (χ0v) is 13.9. The van der Waals surface area contributed by atoms with E-state index in [9.17, 15) is 4.79 Å². The zero-order valence-electron chi connectivity index (χ0n) is 13.9. The van der Waals surface area contributed by atoms with Gasteiger partial charge in [-0.05, 0) is 38.5 Å². The first-order valence-electron chi connectivity index (χ1n) is 7.51. The summed E-state index contributed by atoms with van der Waals surface area (Å²) in [6, 6.07) is 5.79. The minimum atomic E-state index is -0.470. The molecule has 0 bridgehead atoms. The fourth-order valence-corrected chi connectivity index (χ4v) is 2.74. The molecule has 0 amide bonds. The second kappa shape index (κ2) is 6.57. The molecule has 2 atom stereocenters. The molecular weight excluding hydrogens is 282 g/mol. The number of ether oxygens (including phenoxy) is 3. The molecule has 1 N–H and O–H groups in total. The largest absolute Gasteiger partial charge is 0.493 e. The van der Waals surface area contributed by atoms with Crippen LogP contribution in [0.5, 0.6) is 11.5 Å². The van der Waals surface area contributed by atoms with Gasteiger partial charge < -0.3 is 19.5 Å². The number of esters is 1. The zero-order chi connectivity index (χ0) is 16.3. The van der Waals surface area contributed by atoms with E-state index in [0.717, 1.165) is 12.1 Å². The highest BCUT2D eigenvalue weighted by Gasteiger charge is 2.37. The van der Waals surface area contributed by atoms with Crippen LogP contribution < -0.4 is 14.8 Å². The van der Waals surface area contributed by atoms with Crippen LogP contribution in [0.25, 0.3) is 0 Å². The quantitative estimate of drug-likeness (QED) is 0.865. The smallest absolute Gasteiger partial charge is 0.311 e. The van der Waals surface area contributed by atoms with Crippen molar-refractivity contribution < 1.29 is 19.0 Å². The molecule has 5 heteroatoms. The first-order chi connectivity index (χ1) is 10.4. The van der Waals surface area contributed by atoms with E-state index in [4.69, 9.17) is 14.2 Å². The van der Waals surface area contributed by atoms with Crippen molar-refractivity contribution >= 4 is 5.97 Å². The van der Waals surface area contributed by atoms with Crippen molar-refractivity contribution in [2.75, 3.05) is 27.3 Å². The Morgan fingerprint density at radius 1 is 1.14 bits per heavy atom. The fraction of sp³-hybridized carbons (Fsp3) is 0.588. The maximum atomic E-state index is 12.4. The standard InChI is InChI=1S/C17H25NO4/c1-17(2,3)22-16(19)13-10-18-9-12(13)11-6-7-14(20-4)15(8-11)21-5/h6-8,12-13,18H,9-10H2,1-5H3. The van der Waals surface area contributed by atoms with Crippen LogP contribution in [0.4, 0.5) is 0 Å². The maximum Gasteiger partial charge on any atom is 0.311 e. The number of carbonyl (C=O) groups excluding carboxylic acids is 1. The van der Waals surface area contributed by atoms with Gasteiger partial charge in [0.2, 0.25) is 0 Å². The van der Waals surface area contributed by atoms with Gasteiger partial charge in [0.25, 0.3) is 0 Å². The van der Waals surface area contributed by atoms with Crippen LogP contribution in [0.3, 0.4) is 0 Å². The Balaban J connectivity index is 2.22. The molecule has 5 nitrogen and oxygen atoms in total. The highest BCUT2D eigenvalue weighted by Crippen LogP contribution is 2.35. The van der Waals surface area contributed by atoms with Gasteiger partial charge in [-0.25, -0.2) is 0 Å². The van der Waals surface area contributed by atoms with Crippen LogP contribution in [0.1, 0.15) is 32.3 Å². The minimum Gasteiger partial charge on any atom is -0.493 e. The second-order valence-corrected chi connectivity index (χ2v) is 6.52. The molecule has 0 spiro atoms. The molecule has 1 aromatic carbocycles. The van der Waals surface area contributed by atoms with Crippen molar-refractivity contribution in [3.8, 4) is 11.5 Å². The lowest BCUT2D eigenvalue weighted by molar-refractivity contribution is -0.159. The number of carbonyl (C=O) groups is 1. The molecule has 1 aromatic rings. The van der Waals surface area contributed by atoms with E-state index >= 15 is 0 Å². The molecule has 1 heterocycles. The molecule has 22 heavy (non-hydrogen) atoms. The topological polar surface area (TPSA) is 56.8 Å². The molecule has 2 unspecified atom stereocenters. The summed E-state index contributed by atoms with van der Waals surface area (Å²) in [4.78, 5) is 12.4. The van der Waals surface area contributed by atoms with E-state index in [2.05, 4.69) is 5.32 Å². The van der Waals surface area contributed by atoms with E-state index in [0.29, 0.717) is 18.0 Å². The van der Waals surface area contributed by atoms with Crippen LogP contribution in [0.2, 0.25) is 0 Å². The van der Waals surface area contributed by atoms with Gasteiger partial charge in [-0.1, -0.05) is 6.07 Å². The predicted octanol–water partition coefficient (Wildman–Crippen LogP) is 2.35. The Morgan fingerprint density at radius 2 is 1.82 bits per heavy atom. The highest BCUT2D eigenvalue weighted by molar-refractivity contribution is 5.75. The molecule has 0 aromatic heterocycles. The summed E-state index contributed by atoms with van der Waals surface area (Å²) in [7, 11) is 3.22. The number of nitrogens with one attached hydrogen (secondary N) is 1. The third-order valence-corrected chi connectivity index (χ3v) is 3.76. The van der Waals surface area contributed by atoms with E-state index in [1.165, 1.54) is 0 Å². The van der Waals surface area contributed by atoms with Crippen molar-refractivity contribution in [1.82, 2.24) is 5.32 Å². The normalized spacial score (nSPS) is 21.5. The van der Waals surface area contributed by atoms with Crippen molar-refractivity contribution in [3.63, 3.8) is 0 Å². The number of hydrogen-bond acceptors (Lipinski definition) is 5. The summed E-state index contributed by atoms with van der Waals surface area (Å²) in [5.41, 5.74) is 0.584. The highest BCUT2D eigenvalue weighted by atomic mass is 16.6. The summed E-state index contributed by atoms with van der Waals surface area (Å²) in [6.07, 6.45) is 0. The lowest BCUT2D eigenvalue weighted by Gasteiger charge is -2.25. The van der Waals surface area contributed by atoms with Gasteiger partial charge in [0, 0.05) is 19.0 Å². The van der Waals surface area contributed by atoms with Crippen LogP contribution >= 0.6 is 0 Å². The van der Waals surface area contributed by atoms with Gasteiger partial charge in [-0.3, -0.25) is 4.79 Å². The Kier molecular flexibility index (Phi) is 4.96. The van der Waals surface area contributed by atoms with Crippen LogP contribution in [0, 0.1) is 5.92 Å². The summed E-state index contributed by atoms with van der Waals surface area (Å²) in [5, 5.41) is 3.28. The number of rotatable bonds is 4. The maximum absolute atomic E-state index is 12.4. The molecule has 0 aliphatic carbocycles. The number of hydrogen-bond donors (Lipinski definition) is 1. The first-order valence-corrected chi connectivity index (χ1v) is 7.51. The van der Waals surface area contributed by atoms with Gasteiger partial charge in [0.1, 0.15) is 5.60 Å². The average molecular weight is 307 g/mol. The third-order valence-electron chi connectivity index (χ3n) is 3.76. The monoisotopic (exact) mass is 307 g/mol.